The average molecular weight is 348 g/mol. The van der Waals surface area contributed by atoms with Crippen molar-refractivity contribution < 1.29 is 48.0 Å². The first-order chi connectivity index (χ1) is 8.54. The molecule has 0 aromatic carbocycles. The molecule has 0 aliphatic heterocycles. The zero-order chi connectivity index (χ0) is 16.4. The number of halogens is 6. The Morgan fingerprint density at radius 1 is 0.950 bits per heavy atom. The van der Waals surface area contributed by atoms with Gasteiger partial charge in [-0.2, -0.15) is 26.3 Å². The Bertz CT molecular complexity index is 596. The molecule has 118 valence electrons. The van der Waals surface area contributed by atoms with Crippen LogP contribution in [0.5, 0.6) is 0 Å². The van der Waals surface area contributed by atoms with Crippen molar-refractivity contribution in [2.24, 2.45) is 5.92 Å². The first-order valence-corrected chi connectivity index (χ1v) is 7.63. The third kappa shape index (κ3) is 1.93. The van der Waals surface area contributed by atoms with E-state index in [-0.39, 0.29) is 0 Å². The second kappa shape index (κ2) is 4.08. The monoisotopic (exact) mass is 348 g/mol. The molecule has 1 aliphatic carbocycles. The van der Waals surface area contributed by atoms with Gasteiger partial charge in [-0.3, -0.25) is 4.79 Å². The van der Waals surface area contributed by atoms with Crippen LogP contribution in [0.15, 0.2) is 0 Å². The van der Waals surface area contributed by atoms with Gasteiger partial charge in [0.15, 0.2) is 0 Å². The molecule has 0 heterocycles. The molecule has 1 saturated carbocycles. The molecule has 1 unspecified atom stereocenters. The van der Waals surface area contributed by atoms with E-state index < -0.39 is 52.9 Å². The molecule has 0 spiro atoms. The minimum absolute atomic E-state index is 0.518. The molecular formula is C7H6F6O5S2. The molecule has 1 aliphatic rings. The summed E-state index contributed by atoms with van der Waals surface area (Å²) in [6, 6.07) is 0. The lowest BCUT2D eigenvalue weighted by atomic mass is 10.3. The van der Waals surface area contributed by atoms with E-state index in [0.29, 0.717) is 6.92 Å². The van der Waals surface area contributed by atoms with Crippen LogP contribution in [-0.2, 0) is 24.5 Å². The summed E-state index contributed by atoms with van der Waals surface area (Å²) in [5.74, 6) is -3.77. The summed E-state index contributed by atoms with van der Waals surface area (Å²) in [4.78, 5) is 10.9. The highest BCUT2D eigenvalue weighted by Crippen LogP contribution is 2.61. The van der Waals surface area contributed by atoms with Gasteiger partial charge < -0.3 is 0 Å². The molecule has 0 aromatic heterocycles. The topological polar surface area (TPSA) is 85.3 Å². The van der Waals surface area contributed by atoms with E-state index in [9.17, 15) is 48.0 Å². The quantitative estimate of drug-likeness (QED) is 0.715. The number of rotatable bonds is 3. The Morgan fingerprint density at radius 2 is 1.25 bits per heavy atom. The summed E-state index contributed by atoms with van der Waals surface area (Å²) < 4.78 is 115. The predicted molar refractivity (Wildman–Crippen MR) is 51.5 cm³/mol. The molecule has 0 amide bonds. The van der Waals surface area contributed by atoms with Gasteiger partial charge in [0.1, 0.15) is 5.78 Å². The maximum Gasteiger partial charge on any atom is 0.498 e. The second-order valence-corrected chi connectivity index (χ2v) is 8.73. The molecular weight excluding hydrogens is 342 g/mol. The summed E-state index contributed by atoms with van der Waals surface area (Å²) >= 11 is 0. The Labute approximate surface area is 108 Å². The predicted octanol–water partition coefficient (Wildman–Crippen LogP) is 1.16. The van der Waals surface area contributed by atoms with Crippen molar-refractivity contribution in [1.82, 2.24) is 0 Å². The Morgan fingerprint density at radius 3 is 1.40 bits per heavy atom. The molecule has 0 bridgehead atoms. The van der Waals surface area contributed by atoms with Gasteiger partial charge in [-0.15, -0.1) is 0 Å². The highest BCUT2D eigenvalue weighted by molar-refractivity contribution is 8.11. The molecule has 1 rings (SSSR count). The lowest BCUT2D eigenvalue weighted by Gasteiger charge is -2.21. The molecule has 0 aromatic rings. The van der Waals surface area contributed by atoms with Crippen LogP contribution < -0.4 is 0 Å². The second-order valence-electron chi connectivity index (χ2n) is 4.08. The summed E-state index contributed by atoms with van der Waals surface area (Å²) in [6.45, 7) is 0.518. The Balaban J connectivity index is 3.67. The fourth-order valence-electron chi connectivity index (χ4n) is 1.81. The normalized spacial score (nSPS) is 23.4. The standard InChI is InChI=1S/C7H6F6O5S2/c1-3(14)4-2-5(4,19(15,16)6(8,9)10)20(17,18)7(11,12)13/h4H,2H2,1H3. The molecule has 0 radical (unpaired) electrons. The SMILES string of the molecule is CC(=O)C1CC1(S(=O)(=O)C(F)(F)F)S(=O)(=O)C(F)(F)F. The maximum atomic E-state index is 12.4. The van der Waals surface area contributed by atoms with Gasteiger partial charge in [0, 0.05) is 0 Å². The number of Topliss-reactive ketones (excluding diaryl/α,β-unsaturated/α-hetero) is 1. The van der Waals surface area contributed by atoms with Crippen LogP contribution in [-0.4, -0.2) is 37.7 Å². The van der Waals surface area contributed by atoms with E-state index >= 15 is 0 Å². The number of carbonyl (C=O) groups excluding carboxylic acids is 1. The molecule has 0 N–H and O–H groups in total. The van der Waals surface area contributed by atoms with E-state index in [0.717, 1.165) is 0 Å². The fraction of sp³-hybridized carbons (Fsp3) is 0.857. The average Bonchev–Trinajstić information content (AvgIpc) is 2.89. The van der Waals surface area contributed by atoms with Crippen LogP contribution in [0.2, 0.25) is 0 Å². The van der Waals surface area contributed by atoms with Crippen molar-refractivity contribution in [2.75, 3.05) is 0 Å². The molecule has 20 heavy (non-hydrogen) atoms. The van der Waals surface area contributed by atoms with Crippen molar-refractivity contribution in [3.8, 4) is 0 Å². The zero-order valence-electron chi connectivity index (χ0n) is 9.41. The molecule has 13 heteroatoms. The molecule has 1 fully saturated rings. The van der Waals surface area contributed by atoms with Crippen LogP contribution in [0.1, 0.15) is 13.3 Å². The zero-order valence-corrected chi connectivity index (χ0v) is 11.0. The van der Waals surface area contributed by atoms with Crippen molar-refractivity contribution in [3.05, 3.63) is 0 Å². The number of alkyl halides is 6. The van der Waals surface area contributed by atoms with Crippen LogP contribution >= 0.6 is 0 Å². The van der Waals surface area contributed by atoms with Crippen LogP contribution in [0, 0.1) is 5.92 Å². The van der Waals surface area contributed by atoms with Gasteiger partial charge in [-0.05, 0) is 13.3 Å². The number of hydrogen-bond acceptors (Lipinski definition) is 5. The van der Waals surface area contributed by atoms with Crippen molar-refractivity contribution in [3.63, 3.8) is 0 Å². The molecule has 5 nitrogen and oxygen atoms in total. The first kappa shape index (κ1) is 17.2. The fourth-order valence-corrected chi connectivity index (χ4v) is 6.17. The van der Waals surface area contributed by atoms with E-state index in [2.05, 4.69) is 0 Å². The summed E-state index contributed by atoms with van der Waals surface area (Å²) in [7, 11) is -13.5. The minimum Gasteiger partial charge on any atom is -0.300 e. The van der Waals surface area contributed by atoms with Crippen LogP contribution in [0.3, 0.4) is 0 Å². The number of sulfone groups is 2. The Hall–Kier alpha value is -0.850. The highest BCUT2D eigenvalue weighted by atomic mass is 32.3. The van der Waals surface area contributed by atoms with Crippen molar-refractivity contribution in [2.45, 2.75) is 28.4 Å². The van der Waals surface area contributed by atoms with Gasteiger partial charge in [-0.25, -0.2) is 16.8 Å². The van der Waals surface area contributed by atoms with Gasteiger partial charge in [-0.1, -0.05) is 0 Å². The molecule has 0 saturated heterocycles. The number of ketones is 1. The van der Waals surface area contributed by atoms with E-state index in [4.69, 9.17) is 0 Å². The lowest BCUT2D eigenvalue weighted by molar-refractivity contribution is -0.118. The molecule has 1 atom stereocenters. The maximum absolute atomic E-state index is 12.4. The first-order valence-electron chi connectivity index (χ1n) is 4.66. The number of carbonyl (C=O) groups is 1. The van der Waals surface area contributed by atoms with E-state index in [1.807, 2.05) is 0 Å². The highest BCUT2D eigenvalue weighted by Gasteiger charge is 2.84. The van der Waals surface area contributed by atoms with Gasteiger partial charge in [0.25, 0.3) is 19.7 Å². The third-order valence-electron chi connectivity index (χ3n) is 2.87. The summed E-state index contributed by atoms with van der Waals surface area (Å²) in [5.41, 5.74) is -12.5. The van der Waals surface area contributed by atoms with Gasteiger partial charge >= 0.3 is 11.0 Å². The Kier molecular flexibility index (Phi) is 3.51. The smallest absolute Gasteiger partial charge is 0.300 e. The van der Waals surface area contributed by atoms with E-state index in [1.54, 1.807) is 0 Å². The minimum atomic E-state index is -6.73. The third-order valence-corrected chi connectivity index (χ3v) is 8.13. The summed E-state index contributed by atoms with van der Waals surface area (Å²) in [6.07, 6.45) is -1.56. The number of hydrogen-bond donors (Lipinski definition) is 0. The van der Waals surface area contributed by atoms with Gasteiger partial charge in [0.2, 0.25) is 4.08 Å². The lowest BCUT2D eigenvalue weighted by Crippen LogP contribution is -2.48. The van der Waals surface area contributed by atoms with E-state index in [1.165, 1.54) is 0 Å². The largest absolute Gasteiger partial charge is 0.498 e. The van der Waals surface area contributed by atoms with Crippen LogP contribution in [0.25, 0.3) is 0 Å². The van der Waals surface area contributed by atoms with Crippen molar-refractivity contribution >= 4 is 25.5 Å². The van der Waals surface area contributed by atoms with Crippen molar-refractivity contribution in [1.29, 1.82) is 0 Å². The summed E-state index contributed by atoms with van der Waals surface area (Å²) in [5, 5.41) is 0. The van der Waals surface area contributed by atoms with Crippen LogP contribution in [0.4, 0.5) is 26.3 Å². The van der Waals surface area contributed by atoms with Gasteiger partial charge in [0.05, 0.1) is 5.92 Å².